The first kappa shape index (κ1) is 14.6. The van der Waals surface area contributed by atoms with Gasteiger partial charge in [-0.1, -0.05) is 17.9 Å². The Bertz CT molecular complexity index is 736. The zero-order valence-electron chi connectivity index (χ0n) is 10.7. The Balaban J connectivity index is 2.22. The molecule has 21 heavy (non-hydrogen) atoms. The smallest absolute Gasteiger partial charge is 0.257 e. The van der Waals surface area contributed by atoms with E-state index in [-0.39, 0.29) is 17.9 Å². The number of carbonyl (C=O) groups excluding carboxylic acids is 1. The fourth-order valence-corrected chi connectivity index (χ4v) is 1.57. The molecule has 0 radical (unpaired) electrons. The van der Waals surface area contributed by atoms with Crippen molar-refractivity contribution >= 4 is 11.6 Å². The highest BCUT2D eigenvalue weighted by atomic mass is 19.2. The molecular weight excluding hydrogens is 278 g/mol. The first-order valence-electron chi connectivity index (χ1n) is 5.92. The van der Waals surface area contributed by atoms with Crippen molar-refractivity contribution in [2.75, 3.05) is 11.9 Å². The number of aliphatic hydroxyl groups excluding tert-OH is 1. The summed E-state index contributed by atoms with van der Waals surface area (Å²) in [6.45, 7) is -0.315. The Morgan fingerprint density at radius 3 is 2.90 bits per heavy atom. The largest absolute Gasteiger partial charge is 0.384 e. The maximum atomic E-state index is 13.5. The van der Waals surface area contributed by atoms with Gasteiger partial charge >= 0.3 is 0 Å². The molecule has 1 heterocycles. The molecule has 106 valence electrons. The summed E-state index contributed by atoms with van der Waals surface area (Å²) >= 11 is 0. The second-order valence-electron chi connectivity index (χ2n) is 3.98. The molecular formula is C15H10F2N2O2. The van der Waals surface area contributed by atoms with Crippen LogP contribution in [0.25, 0.3) is 0 Å². The number of hydrogen-bond donors (Lipinski definition) is 2. The number of nitrogens with one attached hydrogen (secondary N) is 1. The number of nitrogens with zero attached hydrogens (tertiary/aromatic N) is 1. The van der Waals surface area contributed by atoms with Gasteiger partial charge in [-0.3, -0.25) is 9.78 Å². The molecule has 0 spiro atoms. The van der Waals surface area contributed by atoms with E-state index in [1.54, 1.807) is 0 Å². The molecule has 0 aliphatic rings. The molecule has 0 fully saturated rings. The van der Waals surface area contributed by atoms with Crippen LogP contribution in [0.15, 0.2) is 36.7 Å². The van der Waals surface area contributed by atoms with Crippen LogP contribution in [0.5, 0.6) is 0 Å². The summed E-state index contributed by atoms with van der Waals surface area (Å²) in [6, 6.07) is 4.93. The van der Waals surface area contributed by atoms with Crippen molar-refractivity contribution in [1.82, 2.24) is 4.98 Å². The second kappa shape index (κ2) is 6.59. The van der Waals surface area contributed by atoms with E-state index in [4.69, 9.17) is 5.11 Å². The summed E-state index contributed by atoms with van der Waals surface area (Å²) in [5.74, 6) is 2.20. The van der Waals surface area contributed by atoms with Gasteiger partial charge in [0.2, 0.25) is 0 Å². The van der Waals surface area contributed by atoms with Crippen LogP contribution in [0.2, 0.25) is 0 Å². The molecule has 0 saturated carbocycles. The molecule has 6 heteroatoms. The van der Waals surface area contributed by atoms with Crippen molar-refractivity contribution in [3.8, 4) is 11.8 Å². The number of hydrogen-bond acceptors (Lipinski definition) is 3. The normalized spacial score (nSPS) is 9.67. The summed E-state index contributed by atoms with van der Waals surface area (Å²) in [6.07, 6.45) is 2.69. The van der Waals surface area contributed by atoms with Crippen LogP contribution in [0.3, 0.4) is 0 Å². The van der Waals surface area contributed by atoms with Crippen molar-refractivity contribution in [2.45, 2.75) is 0 Å². The molecule has 0 saturated heterocycles. The highest BCUT2D eigenvalue weighted by Gasteiger charge is 2.12. The maximum absolute atomic E-state index is 13.5. The molecule has 1 aromatic heterocycles. The van der Waals surface area contributed by atoms with E-state index in [0.717, 1.165) is 6.07 Å². The predicted molar refractivity (Wildman–Crippen MR) is 72.5 cm³/mol. The number of pyridine rings is 1. The van der Waals surface area contributed by atoms with Crippen molar-refractivity contribution in [2.24, 2.45) is 0 Å². The summed E-state index contributed by atoms with van der Waals surface area (Å²) in [7, 11) is 0. The first-order valence-corrected chi connectivity index (χ1v) is 5.92. The lowest BCUT2D eigenvalue weighted by atomic mass is 10.2. The molecule has 0 unspecified atom stereocenters. The Labute approximate surface area is 119 Å². The van der Waals surface area contributed by atoms with Crippen molar-refractivity contribution in [3.63, 3.8) is 0 Å². The van der Waals surface area contributed by atoms with Crippen molar-refractivity contribution in [1.29, 1.82) is 0 Å². The molecule has 2 aromatic rings. The van der Waals surface area contributed by atoms with Crippen LogP contribution in [0.4, 0.5) is 14.5 Å². The number of anilines is 1. The fraction of sp³-hybridized carbons (Fsp3) is 0.0667. The van der Waals surface area contributed by atoms with Crippen molar-refractivity contribution in [3.05, 3.63) is 59.4 Å². The molecule has 0 aliphatic carbocycles. The standard InChI is InChI=1S/C15H10F2N2O2/c16-12-4-1-5-13(14(12)17)19-15(21)11-7-10(3-2-6-20)8-18-9-11/h1,4-5,7-9,20H,6H2,(H,19,21). The number of aromatic nitrogens is 1. The molecule has 0 bridgehead atoms. The minimum absolute atomic E-state index is 0.142. The molecule has 0 atom stereocenters. The van der Waals surface area contributed by atoms with E-state index >= 15 is 0 Å². The zero-order valence-corrected chi connectivity index (χ0v) is 10.7. The van der Waals surface area contributed by atoms with Crippen LogP contribution in [-0.4, -0.2) is 22.6 Å². The van der Waals surface area contributed by atoms with Gasteiger partial charge in [-0.05, 0) is 18.2 Å². The summed E-state index contributed by atoms with van der Waals surface area (Å²) in [4.78, 5) is 15.8. The predicted octanol–water partition coefficient (Wildman–Crippen LogP) is 1.96. The number of benzene rings is 1. The van der Waals surface area contributed by atoms with Crippen LogP contribution in [0, 0.1) is 23.5 Å². The maximum Gasteiger partial charge on any atom is 0.257 e. The van der Waals surface area contributed by atoms with Crippen LogP contribution < -0.4 is 5.32 Å². The molecule has 0 aliphatic heterocycles. The number of carbonyl (C=O) groups is 1. The Kier molecular flexibility index (Phi) is 4.59. The van der Waals surface area contributed by atoms with E-state index in [1.807, 2.05) is 0 Å². The van der Waals surface area contributed by atoms with E-state index < -0.39 is 17.5 Å². The minimum Gasteiger partial charge on any atom is -0.384 e. The fourth-order valence-electron chi connectivity index (χ4n) is 1.57. The lowest BCUT2D eigenvalue weighted by molar-refractivity contribution is 0.102. The third-order valence-electron chi connectivity index (χ3n) is 2.51. The van der Waals surface area contributed by atoms with Gasteiger partial charge in [0.25, 0.3) is 5.91 Å². The highest BCUT2D eigenvalue weighted by molar-refractivity contribution is 6.04. The van der Waals surface area contributed by atoms with E-state index in [2.05, 4.69) is 22.1 Å². The van der Waals surface area contributed by atoms with Gasteiger partial charge < -0.3 is 10.4 Å². The summed E-state index contributed by atoms with van der Waals surface area (Å²) < 4.78 is 26.5. The topological polar surface area (TPSA) is 62.2 Å². The SMILES string of the molecule is O=C(Nc1cccc(F)c1F)c1cncc(C#CCO)c1. The average molecular weight is 288 g/mol. The molecule has 1 amide bonds. The van der Waals surface area contributed by atoms with Crippen LogP contribution >= 0.6 is 0 Å². The van der Waals surface area contributed by atoms with Gasteiger partial charge in [-0.25, -0.2) is 8.78 Å². The van der Waals surface area contributed by atoms with Gasteiger partial charge in [0.15, 0.2) is 11.6 Å². The second-order valence-corrected chi connectivity index (χ2v) is 3.98. The number of aliphatic hydroxyl groups is 1. The van der Waals surface area contributed by atoms with Gasteiger partial charge in [-0.15, -0.1) is 0 Å². The molecule has 1 aromatic carbocycles. The third-order valence-corrected chi connectivity index (χ3v) is 2.51. The van der Waals surface area contributed by atoms with E-state index in [9.17, 15) is 13.6 Å². The average Bonchev–Trinajstić information content (AvgIpc) is 2.50. The molecule has 2 N–H and O–H groups in total. The first-order chi connectivity index (χ1) is 10.1. The van der Waals surface area contributed by atoms with Crippen molar-refractivity contribution < 1.29 is 18.7 Å². The number of rotatable bonds is 2. The lowest BCUT2D eigenvalue weighted by Crippen LogP contribution is -2.14. The van der Waals surface area contributed by atoms with Crippen LogP contribution in [0.1, 0.15) is 15.9 Å². The molecule has 2 rings (SSSR count). The Hall–Kier alpha value is -2.78. The number of amides is 1. The molecule has 4 nitrogen and oxygen atoms in total. The lowest BCUT2D eigenvalue weighted by Gasteiger charge is -2.06. The highest BCUT2D eigenvalue weighted by Crippen LogP contribution is 2.17. The van der Waals surface area contributed by atoms with E-state index in [0.29, 0.717) is 5.56 Å². The zero-order chi connectivity index (χ0) is 15.2. The Morgan fingerprint density at radius 1 is 1.33 bits per heavy atom. The summed E-state index contributed by atoms with van der Waals surface area (Å²) in [5, 5.41) is 10.9. The van der Waals surface area contributed by atoms with Crippen LogP contribution in [-0.2, 0) is 0 Å². The van der Waals surface area contributed by atoms with Gasteiger partial charge in [0.1, 0.15) is 6.61 Å². The number of halogens is 2. The van der Waals surface area contributed by atoms with Gasteiger partial charge in [0.05, 0.1) is 11.3 Å². The quantitative estimate of drug-likeness (QED) is 0.830. The van der Waals surface area contributed by atoms with E-state index in [1.165, 1.54) is 30.6 Å². The van der Waals surface area contributed by atoms with Gasteiger partial charge in [0, 0.05) is 18.0 Å². The third kappa shape index (κ3) is 3.61. The summed E-state index contributed by atoms with van der Waals surface area (Å²) in [5.41, 5.74) is 0.312. The monoisotopic (exact) mass is 288 g/mol. The van der Waals surface area contributed by atoms with Gasteiger partial charge in [-0.2, -0.15) is 0 Å². The minimum atomic E-state index is -1.13. The Morgan fingerprint density at radius 2 is 2.14 bits per heavy atom.